The minimum absolute atomic E-state index is 0.0289. The number of rotatable bonds is 2. The molecular weight excluding hydrogens is 362 g/mol. The molecule has 0 saturated heterocycles. The van der Waals surface area contributed by atoms with E-state index in [9.17, 15) is 4.21 Å². The van der Waals surface area contributed by atoms with Crippen LogP contribution in [0, 0.1) is 0 Å². The molecule has 0 fully saturated rings. The summed E-state index contributed by atoms with van der Waals surface area (Å²) in [7, 11) is -1.11. The van der Waals surface area contributed by atoms with Crippen molar-refractivity contribution in [3.8, 4) is 0 Å². The Balaban J connectivity index is 1.65. The molecule has 0 radical (unpaired) electrons. The number of hydrogen-bond acceptors (Lipinski definition) is 2. The Hall–Kier alpha value is -2.78. The summed E-state index contributed by atoms with van der Waals surface area (Å²) in [5.74, 6) is 0. The van der Waals surface area contributed by atoms with Crippen LogP contribution in [0.25, 0.3) is 10.8 Å². The molecule has 1 aliphatic heterocycles. The number of allylic oxidation sites excluding steroid dienone is 3. The molecule has 1 heterocycles. The fourth-order valence-corrected chi connectivity index (χ4v) is 5.64. The molecule has 0 bridgehead atoms. The zero-order valence-corrected chi connectivity index (χ0v) is 16.4. The smallest absolute Gasteiger partial charge is 0.0794 e. The van der Waals surface area contributed by atoms with Crippen LogP contribution in [0.4, 0.5) is 5.69 Å². The lowest BCUT2D eigenvalue weighted by Gasteiger charge is -2.20. The van der Waals surface area contributed by atoms with Crippen molar-refractivity contribution in [2.75, 3.05) is 0 Å². The molecule has 0 amide bonds. The number of fused-ring (bicyclic) bond motifs is 2. The third kappa shape index (κ3) is 3.16. The standard InChI is InChI=1S/C25H21NOS/c27-28-24-13-7-6-12-22(24)26-23(17-25(28)19-9-2-1-3-10-19)21-15-14-18-8-4-5-11-20(18)16-21/h1-2,4-9,11-16,25H,3,10,17H2. The fraction of sp³-hybridized carbons (Fsp3) is 0.160. The molecule has 2 atom stereocenters. The van der Waals surface area contributed by atoms with E-state index in [2.05, 4.69) is 60.7 Å². The average molecular weight is 384 g/mol. The van der Waals surface area contributed by atoms with Gasteiger partial charge in [0.2, 0.25) is 0 Å². The molecule has 3 aromatic rings. The SMILES string of the molecule is O=S1c2ccccc2N=C(c2ccc3ccccc3c2)CC1C1=CC=CCC1. The molecule has 0 saturated carbocycles. The second kappa shape index (κ2) is 7.33. The van der Waals surface area contributed by atoms with E-state index in [0.717, 1.165) is 34.7 Å². The molecule has 0 aromatic heterocycles. The minimum Gasteiger partial charge on any atom is -0.254 e. The molecule has 3 aromatic carbocycles. The largest absolute Gasteiger partial charge is 0.254 e. The van der Waals surface area contributed by atoms with Crippen molar-refractivity contribution in [1.29, 1.82) is 0 Å². The van der Waals surface area contributed by atoms with Crippen molar-refractivity contribution in [2.45, 2.75) is 29.4 Å². The van der Waals surface area contributed by atoms with E-state index in [0.29, 0.717) is 6.42 Å². The number of para-hydroxylation sites is 1. The van der Waals surface area contributed by atoms with E-state index < -0.39 is 10.8 Å². The summed E-state index contributed by atoms with van der Waals surface area (Å²) in [6.45, 7) is 0. The first-order valence-corrected chi connectivity index (χ1v) is 10.9. The maximum atomic E-state index is 13.5. The maximum Gasteiger partial charge on any atom is 0.0794 e. The summed E-state index contributed by atoms with van der Waals surface area (Å²) in [5, 5.41) is 2.40. The zero-order valence-electron chi connectivity index (χ0n) is 15.5. The van der Waals surface area contributed by atoms with Crippen LogP contribution in [-0.2, 0) is 10.8 Å². The van der Waals surface area contributed by atoms with E-state index in [4.69, 9.17) is 4.99 Å². The van der Waals surface area contributed by atoms with Gasteiger partial charge in [-0.3, -0.25) is 9.20 Å². The summed E-state index contributed by atoms with van der Waals surface area (Å²) >= 11 is 0. The molecule has 2 unspecified atom stereocenters. The van der Waals surface area contributed by atoms with E-state index in [1.54, 1.807) is 0 Å². The van der Waals surface area contributed by atoms with Gasteiger partial charge < -0.3 is 0 Å². The monoisotopic (exact) mass is 383 g/mol. The molecule has 2 aliphatic rings. The first-order chi connectivity index (χ1) is 13.8. The van der Waals surface area contributed by atoms with Gasteiger partial charge in [-0.25, -0.2) is 0 Å². The molecule has 0 spiro atoms. The van der Waals surface area contributed by atoms with Gasteiger partial charge >= 0.3 is 0 Å². The predicted octanol–water partition coefficient (Wildman–Crippen LogP) is 6.12. The molecule has 5 rings (SSSR count). The minimum atomic E-state index is -1.11. The van der Waals surface area contributed by atoms with E-state index >= 15 is 0 Å². The first-order valence-electron chi connectivity index (χ1n) is 9.71. The second-order valence-electron chi connectivity index (χ2n) is 7.29. The van der Waals surface area contributed by atoms with Crippen molar-refractivity contribution in [3.05, 3.63) is 96.1 Å². The highest BCUT2D eigenvalue weighted by Crippen LogP contribution is 2.35. The van der Waals surface area contributed by atoms with Gasteiger partial charge in [-0.2, -0.15) is 0 Å². The van der Waals surface area contributed by atoms with E-state index in [1.165, 1.54) is 16.3 Å². The van der Waals surface area contributed by atoms with Gasteiger partial charge in [0, 0.05) is 12.1 Å². The van der Waals surface area contributed by atoms with Gasteiger partial charge in [0.1, 0.15) is 0 Å². The topological polar surface area (TPSA) is 29.4 Å². The van der Waals surface area contributed by atoms with Crippen LogP contribution in [-0.4, -0.2) is 15.2 Å². The van der Waals surface area contributed by atoms with Crippen molar-refractivity contribution in [2.24, 2.45) is 4.99 Å². The zero-order chi connectivity index (χ0) is 18.9. The molecule has 1 aliphatic carbocycles. The normalized spacial score (nSPS) is 21.6. The number of benzene rings is 3. The van der Waals surface area contributed by atoms with Crippen molar-refractivity contribution in [1.82, 2.24) is 0 Å². The van der Waals surface area contributed by atoms with Crippen LogP contribution in [0.2, 0.25) is 0 Å². The molecule has 2 nitrogen and oxygen atoms in total. The van der Waals surface area contributed by atoms with Gasteiger partial charge in [-0.15, -0.1) is 0 Å². The summed E-state index contributed by atoms with van der Waals surface area (Å²) in [6.07, 6.45) is 9.11. The Morgan fingerprint density at radius 2 is 1.75 bits per heavy atom. The third-order valence-electron chi connectivity index (χ3n) is 5.52. The van der Waals surface area contributed by atoms with Crippen molar-refractivity contribution in [3.63, 3.8) is 0 Å². The summed E-state index contributed by atoms with van der Waals surface area (Å²) in [5.41, 5.74) is 4.23. The van der Waals surface area contributed by atoms with Crippen LogP contribution in [0.15, 0.2) is 100 Å². The van der Waals surface area contributed by atoms with Gasteiger partial charge in [0.05, 0.1) is 26.6 Å². The molecule has 138 valence electrons. The highest BCUT2D eigenvalue weighted by atomic mass is 32.2. The van der Waals surface area contributed by atoms with E-state index in [1.807, 2.05) is 24.3 Å². The number of hydrogen-bond donors (Lipinski definition) is 0. The number of aliphatic imine (C=N–C) groups is 1. The van der Waals surface area contributed by atoms with Crippen LogP contribution < -0.4 is 0 Å². The molecule has 28 heavy (non-hydrogen) atoms. The Morgan fingerprint density at radius 1 is 0.929 bits per heavy atom. The van der Waals surface area contributed by atoms with Crippen LogP contribution in [0.3, 0.4) is 0 Å². The predicted molar refractivity (Wildman–Crippen MR) is 118 cm³/mol. The number of nitrogens with zero attached hydrogens (tertiary/aromatic N) is 1. The average Bonchev–Trinajstić information content (AvgIpc) is 2.91. The van der Waals surface area contributed by atoms with E-state index in [-0.39, 0.29) is 5.25 Å². The van der Waals surface area contributed by atoms with Crippen molar-refractivity contribution < 1.29 is 4.21 Å². The van der Waals surface area contributed by atoms with Crippen LogP contribution in [0.1, 0.15) is 24.8 Å². The summed E-state index contributed by atoms with van der Waals surface area (Å²) in [4.78, 5) is 5.84. The van der Waals surface area contributed by atoms with Gasteiger partial charge in [0.25, 0.3) is 0 Å². The quantitative estimate of drug-likeness (QED) is 0.524. The fourth-order valence-electron chi connectivity index (χ4n) is 4.02. The van der Waals surface area contributed by atoms with Gasteiger partial charge in [-0.1, -0.05) is 72.3 Å². The van der Waals surface area contributed by atoms with Crippen LogP contribution >= 0.6 is 0 Å². The van der Waals surface area contributed by atoms with Gasteiger partial charge in [0.15, 0.2) is 0 Å². The molecular formula is C25H21NOS. The lowest BCUT2D eigenvalue weighted by Crippen LogP contribution is -2.22. The lowest BCUT2D eigenvalue weighted by atomic mass is 9.95. The second-order valence-corrected chi connectivity index (χ2v) is 8.89. The van der Waals surface area contributed by atoms with Gasteiger partial charge in [-0.05, 0) is 47.4 Å². The Kier molecular flexibility index (Phi) is 4.53. The maximum absolute atomic E-state index is 13.5. The van der Waals surface area contributed by atoms with Crippen molar-refractivity contribution >= 4 is 33.0 Å². The lowest BCUT2D eigenvalue weighted by molar-refractivity contribution is 0.674. The Labute approximate surface area is 167 Å². The summed E-state index contributed by atoms with van der Waals surface area (Å²) in [6, 6.07) is 22.8. The summed E-state index contributed by atoms with van der Waals surface area (Å²) < 4.78 is 13.5. The Bertz CT molecular complexity index is 1170. The molecule has 3 heteroatoms. The molecule has 0 N–H and O–H groups in total. The highest BCUT2D eigenvalue weighted by molar-refractivity contribution is 7.86. The Morgan fingerprint density at radius 3 is 2.61 bits per heavy atom. The third-order valence-corrected chi connectivity index (χ3v) is 7.28. The first kappa shape index (κ1) is 17.3. The highest BCUT2D eigenvalue weighted by Gasteiger charge is 2.29. The van der Waals surface area contributed by atoms with Crippen LogP contribution in [0.5, 0.6) is 0 Å².